The second-order valence-electron chi connectivity index (χ2n) is 4.37. The van der Waals surface area contributed by atoms with Gasteiger partial charge in [-0.2, -0.15) is 0 Å². The van der Waals surface area contributed by atoms with Gasteiger partial charge in [-0.05, 0) is 18.8 Å². The van der Waals surface area contributed by atoms with Gasteiger partial charge in [-0.25, -0.2) is 0 Å². The van der Waals surface area contributed by atoms with Crippen molar-refractivity contribution < 1.29 is 9.90 Å². The van der Waals surface area contributed by atoms with Crippen LogP contribution in [-0.4, -0.2) is 30.2 Å². The van der Waals surface area contributed by atoms with Gasteiger partial charge in [0.1, 0.15) is 0 Å². The first-order valence-corrected chi connectivity index (χ1v) is 5.67. The molecule has 0 radical (unpaired) electrons. The zero-order valence-corrected chi connectivity index (χ0v) is 9.99. The molecule has 0 aromatic carbocycles. The Morgan fingerprint density at radius 2 is 2.07 bits per heavy atom. The molecule has 4 heteroatoms. The minimum atomic E-state index is -0.452. The summed E-state index contributed by atoms with van der Waals surface area (Å²) in [4.78, 5) is 11.6. The molecular formula is C11H24N2O2. The zero-order valence-electron chi connectivity index (χ0n) is 9.99. The molecule has 1 amide bonds. The topological polar surface area (TPSA) is 75.3 Å². The Kier molecular flexibility index (Phi) is 7.34. The highest BCUT2D eigenvalue weighted by atomic mass is 16.3. The molecule has 0 aromatic rings. The number of nitrogens with one attached hydrogen (secondary N) is 1. The van der Waals surface area contributed by atoms with E-state index in [0.29, 0.717) is 25.4 Å². The van der Waals surface area contributed by atoms with Gasteiger partial charge in [-0.15, -0.1) is 0 Å². The number of aliphatic hydroxyl groups is 1. The molecule has 0 spiro atoms. The predicted molar refractivity (Wildman–Crippen MR) is 61.3 cm³/mol. The molecule has 0 aliphatic rings. The maximum Gasteiger partial charge on any atom is 0.224 e. The van der Waals surface area contributed by atoms with Crippen molar-refractivity contribution >= 4 is 5.91 Å². The van der Waals surface area contributed by atoms with Gasteiger partial charge in [0.15, 0.2) is 0 Å². The molecule has 0 bridgehead atoms. The average Bonchev–Trinajstić information content (AvgIpc) is 2.21. The molecule has 0 fully saturated rings. The standard InChI is InChI=1S/C11H24N2O2/c1-4-10(14)7-13-11(15)9(6-12)5-8(2)3/h8-10,14H,4-7,12H2,1-3H3,(H,13,15). The number of hydrogen-bond donors (Lipinski definition) is 3. The lowest BCUT2D eigenvalue weighted by Gasteiger charge is -2.17. The van der Waals surface area contributed by atoms with Crippen LogP contribution < -0.4 is 11.1 Å². The van der Waals surface area contributed by atoms with Gasteiger partial charge in [0.25, 0.3) is 0 Å². The van der Waals surface area contributed by atoms with E-state index in [1.165, 1.54) is 0 Å². The van der Waals surface area contributed by atoms with Crippen LogP contribution in [-0.2, 0) is 4.79 Å². The Balaban J connectivity index is 3.93. The largest absolute Gasteiger partial charge is 0.391 e. The van der Waals surface area contributed by atoms with Crippen molar-refractivity contribution in [2.45, 2.75) is 39.7 Å². The average molecular weight is 216 g/mol. The van der Waals surface area contributed by atoms with Gasteiger partial charge < -0.3 is 16.2 Å². The van der Waals surface area contributed by atoms with E-state index < -0.39 is 6.10 Å². The predicted octanol–water partition coefficient (Wildman–Crippen LogP) is 0.494. The number of nitrogens with two attached hydrogens (primary N) is 1. The summed E-state index contributed by atoms with van der Waals surface area (Å²) in [7, 11) is 0. The third-order valence-electron chi connectivity index (χ3n) is 2.39. The van der Waals surface area contributed by atoms with E-state index in [9.17, 15) is 9.90 Å². The third-order valence-corrected chi connectivity index (χ3v) is 2.39. The molecule has 0 aliphatic heterocycles. The summed E-state index contributed by atoms with van der Waals surface area (Å²) in [6, 6.07) is 0. The summed E-state index contributed by atoms with van der Waals surface area (Å²) in [6.45, 7) is 6.70. The maximum absolute atomic E-state index is 11.6. The van der Waals surface area contributed by atoms with E-state index in [4.69, 9.17) is 5.73 Å². The van der Waals surface area contributed by atoms with Crippen LogP contribution in [0.2, 0.25) is 0 Å². The molecule has 90 valence electrons. The highest BCUT2D eigenvalue weighted by molar-refractivity contribution is 5.78. The van der Waals surface area contributed by atoms with Crippen molar-refractivity contribution in [3.8, 4) is 0 Å². The Morgan fingerprint density at radius 1 is 1.47 bits per heavy atom. The zero-order chi connectivity index (χ0) is 11.8. The summed E-state index contributed by atoms with van der Waals surface area (Å²) in [5, 5.41) is 12.0. The van der Waals surface area contributed by atoms with E-state index in [2.05, 4.69) is 19.2 Å². The Hall–Kier alpha value is -0.610. The minimum absolute atomic E-state index is 0.0429. The van der Waals surface area contributed by atoms with Crippen LogP contribution in [0.5, 0.6) is 0 Å². The van der Waals surface area contributed by atoms with E-state index in [-0.39, 0.29) is 11.8 Å². The molecule has 0 saturated carbocycles. The molecule has 2 atom stereocenters. The van der Waals surface area contributed by atoms with E-state index in [1.807, 2.05) is 6.92 Å². The quantitative estimate of drug-likeness (QED) is 0.580. The molecule has 0 aromatic heterocycles. The second kappa shape index (κ2) is 7.65. The SMILES string of the molecule is CCC(O)CNC(=O)C(CN)CC(C)C. The fourth-order valence-electron chi connectivity index (χ4n) is 1.39. The second-order valence-corrected chi connectivity index (χ2v) is 4.37. The van der Waals surface area contributed by atoms with Crippen LogP contribution in [0.15, 0.2) is 0 Å². The van der Waals surface area contributed by atoms with E-state index >= 15 is 0 Å². The lowest BCUT2D eigenvalue weighted by molar-refractivity contribution is -0.125. The Morgan fingerprint density at radius 3 is 2.47 bits per heavy atom. The van der Waals surface area contributed by atoms with Crippen molar-refractivity contribution in [1.82, 2.24) is 5.32 Å². The highest BCUT2D eigenvalue weighted by Crippen LogP contribution is 2.10. The van der Waals surface area contributed by atoms with Gasteiger partial charge in [0, 0.05) is 13.1 Å². The molecule has 15 heavy (non-hydrogen) atoms. The summed E-state index contributed by atoms with van der Waals surface area (Å²) in [5.41, 5.74) is 5.54. The van der Waals surface area contributed by atoms with Gasteiger partial charge in [-0.1, -0.05) is 20.8 Å². The van der Waals surface area contributed by atoms with Crippen molar-refractivity contribution in [2.24, 2.45) is 17.6 Å². The number of amides is 1. The van der Waals surface area contributed by atoms with Crippen LogP contribution in [0.4, 0.5) is 0 Å². The fourth-order valence-corrected chi connectivity index (χ4v) is 1.39. The molecular weight excluding hydrogens is 192 g/mol. The molecule has 4 nitrogen and oxygen atoms in total. The van der Waals surface area contributed by atoms with Crippen LogP contribution in [0.3, 0.4) is 0 Å². The lowest BCUT2D eigenvalue weighted by atomic mass is 9.96. The van der Waals surface area contributed by atoms with Crippen molar-refractivity contribution in [3.63, 3.8) is 0 Å². The van der Waals surface area contributed by atoms with Gasteiger partial charge in [0.2, 0.25) is 5.91 Å². The number of carbonyl (C=O) groups excluding carboxylic acids is 1. The summed E-state index contributed by atoms with van der Waals surface area (Å²) < 4.78 is 0. The molecule has 4 N–H and O–H groups in total. The maximum atomic E-state index is 11.6. The number of carbonyl (C=O) groups is 1. The Labute approximate surface area is 92.2 Å². The van der Waals surface area contributed by atoms with Crippen LogP contribution in [0, 0.1) is 11.8 Å². The minimum Gasteiger partial charge on any atom is -0.391 e. The number of hydrogen-bond acceptors (Lipinski definition) is 3. The monoisotopic (exact) mass is 216 g/mol. The fraction of sp³-hybridized carbons (Fsp3) is 0.909. The lowest BCUT2D eigenvalue weighted by Crippen LogP contribution is -2.39. The van der Waals surface area contributed by atoms with E-state index in [1.54, 1.807) is 0 Å². The summed E-state index contributed by atoms with van der Waals surface area (Å²) in [6.07, 6.45) is 0.994. The third kappa shape index (κ3) is 6.47. The molecule has 0 aliphatic carbocycles. The number of aliphatic hydroxyl groups excluding tert-OH is 1. The van der Waals surface area contributed by atoms with Crippen molar-refractivity contribution in [2.75, 3.05) is 13.1 Å². The first kappa shape index (κ1) is 14.4. The van der Waals surface area contributed by atoms with Crippen LogP contribution in [0.1, 0.15) is 33.6 Å². The normalized spacial score (nSPS) is 15.1. The highest BCUT2D eigenvalue weighted by Gasteiger charge is 2.18. The molecule has 2 unspecified atom stereocenters. The molecule has 0 saturated heterocycles. The first-order chi connectivity index (χ1) is 7.01. The summed E-state index contributed by atoms with van der Waals surface area (Å²) in [5.74, 6) is 0.285. The van der Waals surface area contributed by atoms with Gasteiger partial charge in [-0.3, -0.25) is 4.79 Å². The molecule has 0 rings (SSSR count). The number of rotatable bonds is 7. The van der Waals surface area contributed by atoms with Gasteiger partial charge in [0.05, 0.1) is 12.0 Å². The van der Waals surface area contributed by atoms with Crippen LogP contribution >= 0.6 is 0 Å². The van der Waals surface area contributed by atoms with E-state index in [0.717, 1.165) is 6.42 Å². The Bertz CT molecular complexity index is 183. The van der Waals surface area contributed by atoms with Gasteiger partial charge >= 0.3 is 0 Å². The molecule has 0 heterocycles. The summed E-state index contributed by atoms with van der Waals surface area (Å²) >= 11 is 0. The van der Waals surface area contributed by atoms with Crippen molar-refractivity contribution in [1.29, 1.82) is 0 Å². The smallest absolute Gasteiger partial charge is 0.224 e. The van der Waals surface area contributed by atoms with Crippen molar-refractivity contribution in [3.05, 3.63) is 0 Å². The first-order valence-electron chi connectivity index (χ1n) is 5.67. The van der Waals surface area contributed by atoms with Crippen LogP contribution in [0.25, 0.3) is 0 Å².